The second-order valence-electron chi connectivity index (χ2n) is 7.76. The van der Waals surface area contributed by atoms with Gasteiger partial charge in [-0.1, -0.05) is 24.3 Å². The summed E-state index contributed by atoms with van der Waals surface area (Å²) in [6.07, 6.45) is -3.27. The average molecular weight is 471 g/mol. The lowest BCUT2D eigenvalue weighted by molar-refractivity contribution is -0.137. The molecule has 0 saturated carbocycles. The van der Waals surface area contributed by atoms with Crippen LogP contribution in [0.3, 0.4) is 0 Å². The number of nitrogens with zero attached hydrogens (tertiary/aromatic N) is 1. The Morgan fingerprint density at radius 1 is 1.06 bits per heavy atom. The molecule has 1 saturated heterocycles. The smallest absolute Gasteiger partial charge is 0.379 e. The van der Waals surface area contributed by atoms with Crippen LogP contribution >= 0.6 is 0 Å². The van der Waals surface area contributed by atoms with Gasteiger partial charge in [-0.05, 0) is 35.4 Å². The highest BCUT2D eigenvalue weighted by Crippen LogP contribution is 2.31. The zero-order chi connectivity index (χ0) is 23.4. The largest absolute Gasteiger partial charge is 0.416 e. The molecular weight excluding hydrogens is 445 g/mol. The Labute approximate surface area is 185 Å². The molecule has 3 rings (SSSR count). The number of benzene rings is 2. The summed E-state index contributed by atoms with van der Waals surface area (Å²) in [6, 6.07) is 10.9. The number of nitrogens with one attached hydrogen (secondary N) is 1. The fourth-order valence-corrected chi connectivity index (χ4v) is 4.39. The third kappa shape index (κ3) is 6.78. The summed E-state index contributed by atoms with van der Waals surface area (Å²) >= 11 is 0. The van der Waals surface area contributed by atoms with Crippen LogP contribution in [0.5, 0.6) is 0 Å². The Kier molecular flexibility index (Phi) is 7.58. The van der Waals surface area contributed by atoms with Crippen molar-refractivity contribution in [2.45, 2.75) is 18.0 Å². The highest BCUT2D eigenvalue weighted by atomic mass is 32.2. The molecule has 1 amide bonds. The van der Waals surface area contributed by atoms with E-state index in [9.17, 15) is 26.4 Å². The van der Waals surface area contributed by atoms with Crippen molar-refractivity contribution < 1.29 is 31.1 Å². The molecule has 1 unspecified atom stereocenters. The van der Waals surface area contributed by atoms with E-state index in [-0.39, 0.29) is 24.2 Å². The predicted molar refractivity (Wildman–Crippen MR) is 114 cm³/mol. The van der Waals surface area contributed by atoms with Crippen LogP contribution in [0.25, 0.3) is 0 Å². The molecule has 10 heteroatoms. The molecule has 1 aliphatic rings. The second-order valence-corrected chi connectivity index (χ2v) is 9.90. The maximum Gasteiger partial charge on any atom is 0.416 e. The summed E-state index contributed by atoms with van der Waals surface area (Å²) in [5, 5.41) is 2.85. The van der Waals surface area contributed by atoms with Crippen LogP contribution in [0, 0.1) is 0 Å². The Morgan fingerprint density at radius 2 is 1.66 bits per heavy atom. The van der Waals surface area contributed by atoms with Crippen molar-refractivity contribution in [1.29, 1.82) is 0 Å². The molecule has 1 heterocycles. The molecule has 0 bridgehead atoms. The van der Waals surface area contributed by atoms with Gasteiger partial charge in [-0.2, -0.15) is 13.2 Å². The van der Waals surface area contributed by atoms with E-state index in [1.165, 1.54) is 12.1 Å². The van der Waals surface area contributed by atoms with Crippen molar-refractivity contribution in [3.8, 4) is 0 Å². The van der Waals surface area contributed by atoms with E-state index in [1.807, 2.05) is 0 Å². The topological polar surface area (TPSA) is 75.7 Å². The molecule has 1 atom stereocenters. The van der Waals surface area contributed by atoms with Gasteiger partial charge in [-0.25, -0.2) is 8.42 Å². The molecule has 0 radical (unpaired) electrons. The van der Waals surface area contributed by atoms with Gasteiger partial charge in [0.25, 0.3) is 5.91 Å². The maximum absolute atomic E-state index is 12.9. The summed E-state index contributed by atoms with van der Waals surface area (Å²) in [6.45, 7) is 2.42. The number of rotatable bonds is 7. The van der Waals surface area contributed by atoms with E-state index in [0.717, 1.165) is 18.4 Å². The molecule has 174 valence electrons. The van der Waals surface area contributed by atoms with Gasteiger partial charge in [-0.3, -0.25) is 9.69 Å². The fraction of sp³-hybridized carbons (Fsp3) is 0.409. The molecule has 0 spiro atoms. The molecular formula is C22H25F3N2O4S. The lowest BCUT2D eigenvalue weighted by Gasteiger charge is -2.35. The first-order chi connectivity index (χ1) is 15.0. The Bertz CT molecular complexity index is 1020. The molecule has 6 nitrogen and oxygen atoms in total. The number of amides is 1. The third-order valence-electron chi connectivity index (χ3n) is 5.21. The number of hydrogen-bond donors (Lipinski definition) is 1. The first-order valence-electron chi connectivity index (χ1n) is 10.1. The maximum atomic E-state index is 12.9. The molecule has 0 aromatic heterocycles. The number of alkyl halides is 3. The van der Waals surface area contributed by atoms with Crippen molar-refractivity contribution in [3.05, 3.63) is 70.8 Å². The molecule has 1 fully saturated rings. The normalized spacial score (nSPS) is 16.5. The van der Waals surface area contributed by atoms with Crippen LogP contribution in [-0.4, -0.2) is 58.3 Å². The first kappa shape index (κ1) is 24.2. The molecule has 32 heavy (non-hydrogen) atoms. The molecule has 1 N–H and O–H groups in total. The van der Waals surface area contributed by atoms with Gasteiger partial charge in [-0.15, -0.1) is 0 Å². The fourth-order valence-electron chi connectivity index (χ4n) is 3.59. The highest BCUT2D eigenvalue weighted by Gasteiger charge is 2.31. The summed E-state index contributed by atoms with van der Waals surface area (Å²) < 4.78 is 66.9. The van der Waals surface area contributed by atoms with Crippen molar-refractivity contribution in [1.82, 2.24) is 10.2 Å². The van der Waals surface area contributed by atoms with Gasteiger partial charge >= 0.3 is 6.18 Å². The first-order valence-corrected chi connectivity index (χ1v) is 12.1. The van der Waals surface area contributed by atoms with Gasteiger partial charge in [0.2, 0.25) is 0 Å². The van der Waals surface area contributed by atoms with E-state index in [2.05, 4.69) is 10.2 Å². The number of sulfone groups is 1. The molecule has 2 aromatic rings. The van der Waals surface area contributed by atoms with Crippen molar-refractivity contribution >= 4 is 15.7 Å². The minimum absolute atomic E-state index is 0.109. The molecule has 1 aliphatic heterocycles. The van der Waals surface area contributed by atoms with Crippen molar-refractivity contribution in [3.63, 3.8) is 0 Å². The van der Waals surface area contributed by atoms with Gasteiger partial charge < -0.3 is 10.1 Å². The minimum Gasteiger partial charge on any atom is -0.379 e. The summed E-state index contributed by atoms with van der Waals surface area (Å²) in [5.41, 5.74) is 0.902. The van der Waals surface area contributed by atoms with Crippen LogP contribution in [0.4, 0.5) is 13.2 Å². The molecule has 0 aliphatic carbocycles. The zero-order valence-corrected chi connectivity index (χ0v) is 18.4. The van der Waals surface area contributed by atoms with Crippen molar-refractivity contribution in [2.75, 3.05) is 39.1 Å². The van der Waals surface area contributed by atoms with E-state index in [1.54, 1.807) is 24.3 Å². The Morgan fingerprint density at radius 3 is 2.19 bits per heavy atom. The third-order valence-corrected chi connectivity index (χ3v) is 6.07. The lowest BCUT2D eigenvalue weighted by atomic mass is 10.0. The number of carbonyl (C=O) groups excluding carboxylic acids is 1. The SMILES string of the molecule is CS(=O)(=O)Cc1ccc(C(=O)NCC(c2ccc(C(F)(F)F)cc2)N2CCOCC2)cc1. The van der Waals surface area contributed by atoms with Gasteiger partial charge in [0.1, 0.15) is 0 Å². The standard InChI is InChI=1S/C22H25F3N2O4S/c1-32(29,30)15-16-2-4-18(5-3-16)21(28)26-14-20(27-10-12-31-13-11-27)17-6-8-19(9-7-17)22(23,24)25/h2-9,20H,10-15H2,1H3,(H,26,28). The summed E-state index contributed by atoms with van der Waals surface area (Å²) in [5.74, 6) is -0.455. The number of halogens is 3. The predicted octanol–water partition coefficient (Wildman–Crippen LogP) is 3.05. The van der Waals surface area contributed by atoms with Gasteiger partial charge in [0.15, 0.2) is 9.84 Å². The number of ether oxygens (including phenoxy) is 1. The number of hydrogen-bond acceptors (Lipinski definition) is 5. The average Bonchev–Trinajstić information content (AvgIpc) is 2.73. The Hall–Kier alpha value is -2.43. The lowest BCUT2D eigenvalue weighted by Crippen LogP contribution is -2.43. The van der Waals surface area contributed by atoms with Crippen LogP contribution < -0.4 is 5.32 Å². The van der Waals surface area contributed by atoms with Crippen LogP contribution in [0.1, 0.15) is 33.1 Å². The van der Waals surface area contributed by atoms with E-state index >= 15 is 0 Å². The monoisotopic (exact) mass is 470 g/mol. The minimum atomic E-state index is -4.41. The second kappa shape index (κ2) is 10.0. The van der Waals surface area contributed by atoms with Crippen LogP contribution in [0.15, 0.2) is 48.5 Å². The van der Waals surface area contributed by atoms with Gasteiger partial charge in [0.05, 0.1) is 30.6 Å². The van der Waals surface area contributed by atoms with Crippen molar-refractivity contribution in [2.24, 2.45) is 0 Å². The van der Waals surface area contributed by atoms with E-state index in [4.69, 9.17) is 4.74 Å². The van der Waals surface area contributed by atoms with E-state index < -0.39 is 21.6 Å². The van der Waals surface area contributed by atoms with Crippen LogP contribution in [-0.2, 0) is 26.5 Å². The van der Waals surface area contributed by atoms with E-state index in [0.29, 0.717) is 43.0 Å². The summed E-state index contributed by atoms with van der Waals surface area (Å²) in [4.78, 5) is 14.7. The van der Waals surface area contributed by atoms with Gasteiger partial charge in [0, 0.05) is 31.5 Å². The zero-order valence-electron chi connectivity index (χ0n) is 17.6. The highest BCUT2D eigenvalue weighted by molar-refractivity contribution is 7.89. The summed E-state index contributed by atoms with van der Waals surface area (Å²) in [7, 11) is -3.17. The number of carbonyl (C=O) groups is 1. The quantitative estimate of drug-likeness (QED) is 0.673. The number of morpholine rings is 1. The van der Waals surface area contributed by atoms with Crippen LogP contribution in [0.2, 0.25) is 0 Å². The molecule has 2 aromatic carbocycles. The Balaban J connectivity index is 1.71.